The van der Waals surface area contributed by atoms with Crippen molar-refractivity contribution >= 4 is 0 Å². The molecule has 2 spiro atoms. The fraction of sp³-hybridized carbons (Fsp3) is 1.00. The second kappa shape index (κ2) is 6.95. The second-order valence-electron chi connectivity index (χ2n) is 13.5. The molecule has 0 amide bonds. The lowest BCUT2D eigenvalue weighted by Gasteiger charge is -2.60. The standard InChI is InChI=1S/C28H46O3/c1-18(2)6-7-19(3)21-8-9-22-20-16-24-28(31-24)17-27(29-14-15-30-27)13-12-26(28,5)23(20)10-11-25(21,22)4/h18-24H,6-17H2,1-5H3/t19?,20?,21?,22?,23?,24?,25-,26-,28+/m1/s1. The van der Waals surface area contributed by atoms with Gasteiger partial charge in [0.1, 0.15) is 5.60 Å². The first kappa shape index (κ1) is 21.4. The summed E-state index contributed by atoms with van der Waals surface area (Å²) in [6.07, 6.45) is 13.7. The van der Waals surface area contributed by atoms with Crippen LogP contribution in [0.1, 0.15) is 98.8 Å². The molecule has 9 atom stereocenters. The molecule has 0 N–H and O–H groups in total. The Morgan fingerprint density at radius 2 is 1.65 bits per heavy atom. The van der Waals surface area contributed by atoms with Gasteiger partial charge in [0.15, 0.2) is 5.79 Å². The highest BCUT2D eigenvalue weighted by Crippen LogP contribution is 2.75. The third-order valence-corrected chi connectivity index (χ3v) is 11.9. The van der Waals surface area contributed by atoms with Crippen LogP contribution in [0.15, 0.2) is 0 Å². The number of fused-ring (bicyclic) bond motifs is 4. The van der Waals surface area contributed by atoms with Crippen LogP contribution in [0.2, 0.25) is 0 Å². The average Bonchev–Trinajstić information content (AvgIpc) is 3.06. The Balaban J connectivity index is 1.23. The first-order chi connectivity index (χ1) is 14.7. The molecule has 0 aromatic carbocycles. The van der Waals surface area contributed by atoms with E-state index in [1.165, 1.54) is 51.4 Å². The molecule has 3 heteroatoms. The van der Waals surface area contributed by atoms with Crippen molar-refractivity contribution in [1.29, 1.82) is 0 Å². The van der Waals surface area contributed by atoms with Crippen molar-refractivity contribution < 1.29 is 14.2 Å². The van der Waals surface area contributed by atoms with Crippen molar-refractivity contribution in [2.24, 2.45) is 46.3 Å². The van der Waals surface area contributed by atoms with Crippen LogP contribution in [-0.2, 0) is 14.2 Å². The molecule has 0 aromatic heterocycles. The number of hydrogen-bond donors (Lipinski definition) is 0. The van der Waals surface area contributed by atoms with Gasteiger partial charge >= 0.3 is 0 Å². The summed E-state index contributed by atoms with van der Waals surface area (Å²) in [6, 6.07) is 0. The maximum Gasteiger partial charge on any atom is 0.171 e. The van der Waals surface area contributed by atoms with Crippen LogP contribution >= 0.6 is 0 Å². The molecule has 6 fully saturated rings. The summed E-state index contributed by atoms with van der Waals surface area (Å²) in [4.78, 5) is 0. The largest absolute Gasteiger partial charge is 0.365 e. The third kappa shape index (κ3) is 2.88. The van der Waals surface area contributed by atoms with E-state index in [9.17, 15) is 0 Å². The second-order valence-corrected chi connectivity index (χ2v) is 13.5. The number of ether oxygens (including phenoxy) is 3. The molecule has 6 rings (SSSR count). The molecule has 0 aromatic rings. The molecule has 2 aliphatic heterocycles. The summed E-state index contributed by atoms with van der Waals surface area (Å²) in [7, 11) is 0. The maximum atomic E-state index is 6.71. The molecule has 0 radical (unpaired) electrons. The SMILES string of the molecule is CC(C)CCC(C)C1CCC2C3CC4O[C@@]45CC4(CC[C@]5(C)C3CC[C@]12C)OCCO4. The van der Waals surface area contributed by atoms with Crippen LogP contribution in [-0.4, -0.2) is 30.7 Å². The van der Waals surface area contributed by atoms with Gasteiger partial charge in [0, 0.05) is 18.3 Å². The fourth-order valence-corrected chi connectivity index (χ4v) is 10.1. The van der Waals surface area contributed by atoms with Crippen LogP contribution in [0.4, 0.5) is 0 Å². The van der Waals surface area contributed by atoms with Crippen molar-refractivity contribution in [1.82, 2.24) is 0 Å². The van der Waals surface area contributed by atoms with Gasteiger partial charge in [-0.25, -0.2) is 0 Å². The van der Waals surface area contributed by atoms with E-state index < -0.39 is 0 Å². The summed E-state index contributed by atoms with van der Waals surface area (Å²) in [5, 5.41) is 0. The first-order valence-electron chi connectivity index (χ1n) is 13.7. The molecule has 0 bridgehead atoms. The smallest absolute Gasteiger partial charge is 0.171 e. The van der Waals surface area contributed by atoms with E-state index in [1.807, 2.05) is 0 Å². The normalized spacial score (nSPS) is 53.0. The van der Waals surface area contributed by atoms with Crippen LogP contribution in [0.25, 0.3) is 0 Å². The minimum absolute atomic E-state index is 0.0487. The van der Waals surface area contributed by atoms with E-state index in [4.69, 9.17) is 14.2 Å². The number of epoxide rings is 1. The highest BCUT2D eigenvalue weighted by Gasteiger charge is 2.78. The lowest BCUT2D eigenvalue weighted by molar-refractivity contribution is -0.227. The molecule has 6 aliphatic rings. The molecule has 6 unspecified atom stereocenters. The highest BCUT2D eigenvalue weighted by atomic mass is 16.7. The molecule has 2 saturated heterocycles. The Morgan fingerprint density at radius 1 is 0.871 bits per heavy atom. The third-order valence-electron chi connectivity index (χ3n) is 11.9. The molecule has 3 nitrogen and oxygen atoms in total. The molecule has 31 heavy (non-hydrogen) atoms. The van der Waals surface area contributed by atoms with E-state index in [2.05, 4.69) is 34.6 Å². The van der Waals surface area contributed by atoms with Crippen molar-refractivity contribution in [2.75, 3.05) is 13.2 Å². The van der Waals surface area contributed by atoms with E-state index in [-0.39, 0.29) is 11.4 Å². The summed E-state index contributed by atoms with van der Waals surface area (Å²) in [5.74, 6) is 4.98. The zero-order valence-corrected chi connectivity index (χ0v) is 20.8. The Labute approximate surface area is 190 Å². The van der Waals surface area contributed by atoms with Gasteiger partial charge in [-0.05, 0) is 79.4 Å². The summed E-state index contributed by atoms with van der Waals surface area (Å²) >= 11 is 0. The average molecular weight is 431 g/mol. The van der Waals surface area contributed by atoms with Gasteiger partial charge < -0.3 is 14.2 Å². The van der Waals surface area contributed by atoms with Crippen molar-refractivity contribution in [3.8, 4) is 0 Å². The van der Waals surface area contributed by atoms with E-state index >= 15 is 0 Å². The molecule has 4 aliphatic carbocycles. The highest BCUT2D eigenvalue weighted by molar-refractivity contribution is 5.25. The first-order valence-corrected chi connectivity index (χ1v) is 13.7. The minimum atomic E-state index is -0.325. The van der Waals surface area contributed by atoms with Crippen molar-refractivity contribution in [3.05, 3.63) is 0 Å². The van der Waals surface area contributed by atoms with E-state index in [0.717, 1.165) is 61.6 Å². The van der Waals surface area contributed by atoms with Crippen LogP contribution < -0.4 is 0 Å². The topological polar surface area (TPSA) is 31.0 Å². The molecule has 4 saturated carbocycles. The summed E-state index contributed by atoms with van der Waals surface area (Å²) < 4.78 is 19.0. The van der Waals surface area contributed by atoms with Gasteiger partial charge in [-0.15, -0.1) is 0 Å². The Morgan fingerprint density at radius 3 is 2.39 bits per heavy atom. The zero-order chi connectivity index (χ0) is 21.6. The lowest BCUT2D eigenvalue weighted by Crippen LogP contribution is -2.61. The van der Waals surface area contributed by atoms with Gasteiger partial charge in [-0.1, -0.05) is 47.5 Å². The monoisotopic (exact) mass is 430 g/mol. The quantitative estimate of drug-likeness (QED) is 0.471. The summed E-state index contributed by atoms with van der Waals surface area (Å²) in [5.41, 5.74) is 0.938. The van der Waals surface area contributed by atoms with Gasteiger partial charge in [0.25, 0.3) is 0 Å². The molecule has 176 valence electrons. The Hall–Kier alpha value is -0.120. The molecular formula is C28H46O3. The number of hydrogen-bond acceptors (Lipinski definition) is 3. The van der Waals surface area contributed by atoms with Crippen molar-refractivity contribution in [3.63, 3.8) is 0 Å². The van der Waals surface area contributed by atoms with Gasteiger partial charge in [-0.3, -0.25) is 0 Å². The van der Waals surface area contributed by atoms with Crippen LogP contribution in [0.3, 0.4) is 0 Å². The van der Waals surface area contributed by atoms with Gasteiger partial charge in [0.05, 0.1) is 19.3 Å². The van der Waals surface area contributed by atoms with Crippen molar-refractivity contribution in [2.45, 2.75) is 116 Å². The lowest BCUT2D eigenvalue weighted by atomic mass is 9.44. The predicted octanol–water partition coefficient (Wildman–Crippen LogP) is 6.59. The van der Waals surface area contributed by atoms with Crippen LogP contribution in [0.5, 0.6) is 0 Å². The molecule has 2 heterocycles. The van der Waals surface area contributed by atoms with Gasteiger partial charge in [-0.2, -0.15) is 0 Å². The Kier molecular flexibility index (Phi) is 4.80. The van der Waals surface area contributed by atoms with Crippen LogP contribution in [0, 0.1) is 46.3 Å². The predicted molar refractivity (Wildman–Crippen MR) is 123 cm³/mol. The fourth-order valence-electron chi connectivity index (χ4n) is 10.1. The number of rotatable bonds is 4. The molecular weight excluding hydrogens is 384 g/mol. The van der Waals surface area contributed by atoms with E-state index in [0.29, 0.717) is 16.9 Å². The Bertz CT molecular complexity index is 713. The zero-order valence-electron chi connectivity index (χ0n) is 20.8. The van der Waals surface area contributed by atoms with Gasteiger partial charge in [0.2, 0.25) is 0 Å². The summed E-state index contributed by atoms with van der Waals surface area (Å²) in [6.45, 7) is 14.2. The maximum absolute atomic E-state index is 6.71. The van der Waals surface area contributed by atoms with E-state index in [1.54, 1.807) is 0 Å². The minimum Gasteiger partial charge on any atom is -0.365 e.